The van der Waals surface area contributed by atoms with Crippen LogP contribution in [0.4, 0.5) is 5.69 Å². The lowest BCUT2D eigenvalue weighted by Gasteiger charge is -2.28. The monoisotopic (exact) mass is 582 g/mol. The van der Waals surface area contributed by atoms with Gasteiger partial charge in [-0.05, 0) is 77.9 Å². The Morgan fingerprint density at radius 2 is 1.63 bits per heavy atom. The highest BCUT2D eigenvalue weighted by Crippen LogP contribution is 2.38. The minimum Gasteiger partial charge on any atom is -0.497 e. The van der Waals surface area contributed by atoms with Crippen molar-refractivity contribution in [2.45, 2.75) is 124 Å². The summed E-state index contributed by atoms with van der Waals surface area (Å²) in [5, 5.41) is 3.34. The number of hydrogen-bond donors (Lipinski definition) is 1. The van der Waals surface area contributed by atoms with Crippen LogP contribution in [0.15, 0.2) is 36.4 Å². The van der Waals surface area contributed by atoms with Gasteiger partial charge in [-0.25, -0.2) is 0 Å². The Labute approximate surface area is 252 Å². The van der Waals surface area contributed by atoms with Crippen molar-refractivity contribution >= 4 is 20.6 Å². The molecule has 0 saturated carbocycles. The number of benzene rings is 2. The smallest absolute Gasteiger partial charge is 0.224 e. The van der Waals surface area contributed by atoms with Gasteiger partial charge in [0.2, 0.25) is 14.9 Å². The summed E-state index contributed by atoms with van der Waals surface area (Å²) in [7, 11) is 2.44. The van der Waals surface area contributed by atoms with Gasteiger partial charge in [0.1, 0.15) is 11.5 Å². The lowest BCUT2D eigenvalue weighted by Crippen LogP contribution is -2.22. The molecule has 0 heterocycles. The molecule has 0 aliphatic rings. The van der Waals surface area contributed by atoms with Crippen LogP contribution in [0.1, 0.15) is 122 Å². The lowest BCUT2D eigenvalue weighted by atomic mass is 9.83. The quantitative estimate of drug-likeness (QED) is 0.168. The molecule has 1 radical (unpaired) electrons. The molecule has 0 aliphatic heterocycles. The van der Waals surface area contributed by atoms with Crippen molar-refractivity contribution in [1.29, 1.82) is 0 Å². The number of carbonyl (C=O) groups is 1. The van der Waals surface area contributed by atoms with Gasteiger partial charge in [-0.2, -0.15) is 0 Å². The number of nitrogens with one attached hydrogen (secondary N) is 1. The molecular weight excluding hydrogens is 526 g/mol. The molecule has 0 aliphatic carbocycles. The second-order valence-electron chi connectivity index (χ2n) is 13.7. The zero-order valence-electron chi connectivity index (χ0n) is 27.7. The van der Waals surface area contributed by atoms with E-state index in [9.17, 15) is 4.79 Å². The third-order valence-electron chi connectivity index (χ3n) is 7.50. The van der Waals surface area contributed by atoms with Gasteiger partial charge in [0, 0.05) is 18.2 Å². The zero-order valence-corrected chi connectivity index (χ0v) is 28.7. The molecule has 0 fully saturated rings. The van der Waals surface area contributed by atoms with Gasteiger partial charge in [0.05, 0.1) is 20.3 Å². The lowest BCUT2D eigenvalue weighted by molar-refractivity contribution is -0.116. The Balaban J connectivity index is 2.41. The summed E-state index contributed by atoms with van der Waals surface area (Å²) >= 11 is 0. The van der Waals surface area contributed by atoms with Gasteiger partial charge in [-0.3, -0.25) is 4.79 Å². The predicted molar refractivity (Wildman–Crippen MR) is 175 cm³/mol. The van der Waals surface area contributed by atoms with Crippen LogP contribution in [0.25, 0.3) is 0 Å². The fourth-order valence-corrected chi connectivity index (χ4v) is 6.07. The third-order valence-corrected chi connectivity index (χ3v) is 8.26. The normalized spacial score (nSPS) is 13.7. The first kappa shape index (κ1) is 34.9. The standard InChI is InChI=1S/C35H56NO4Si/c1-12-13-14-15-25(28-18-17-27(38-8)24-32(28)39-9)23-33(37)36-30-22-26(16-19-29(30)35(5,6)7)31(40-41(10)11)20-21-34(2,3)4/h16-19,22,24-25,31H,12-15,20-21,23H2,1-11H3,(H,36,37). The van der Waals surface area contributed by atoms with Gasteiger partial charge in [0.25, 0.3) is 0 Å². The third kappa shape index (κ3) is 11.5. The summed E-state index contributed by atoms with van der Waals surface area (Å²) in [5.74, 6) is 1.60. The number of amides is 1. The molecule has 0 spiro atoms. The summed E-state index contributed by atoms with van der Waals surface area (Å²) < 4.78 is 17.7. The average molecular weight is 583 g/mol. The first-order valence-corrected chi connectivity index (χ1v) is 17.7. The van der Waals surface area contributed by atoms with Crippen LogP contribution in [0.3, 0.4) is 0 Å². The topological polar surface area (TPSA) is 56.8 Å². The summed E-state index contributed by atoms with van der Waals surface area (Å²) in [6.45, 7) is 20.0. The molecular formula is C35H56NO4Si. The number of methoxy groups -OCH3 is 2. The molecule has 5 nitrogen and oxygen atoms in total. The molecule has 2 aromatic carbocycles. The molecule has 2 atom stereocenters. The number of ether oxygens (including phenoxy) is 2. The first-order valence-electron chi connectivity index (χ1n) is 15.3. The number of carbonyl (C=O) groups excluding carboxylic acids is 1. The average Bonchev–Trinajstić information content (AvgIpc) is 2.88. The molecule has 6 heteroatoms. The molecule has 0 aromatic heterocycles. The van der Waals surface area contributed by atoms with Crippen LogP contribution < -0.4 is 14.8 Å². The number of unbranched alkanes of at least 4 members (excludes halogenated alkanes) is 2. The molecule has 0 bridgehead atoms. The van der Waals surface area contributed by atoms with Gasteiger partial charge in [-0.15, -0.1) is 0 Å². The molecule has 1 N–H and O–H groups in total. The van der Waals surface area contributed by atoms with Crippen molar-refractivity contribution in [3.05, 3.63) is 53.1 Å². The van der Waals surface area contributed by atoms with E-state index in [1.807, 2.05) is 12.1 Å². The highest BCUT2D eigenvalue weighted by molar-refractivity contribution is 6.48. The maximum Gasteiger partial charge on any atom is 0.224 e. The van der Waals surface area contributed by atoms with Crippen molar-refractivity contribution in [3.8, 4) is 11.5 Å². The van der Waals surface area contributed by atoms with E-state index in [0.29, 0.717) is 6.42 Å². The second-order valence-corrected chi connectivity index (χ2v) is 15.8. The summed E-state index contributed by atoms with van der Waals surface area (Å²) in [5.41, 5.74) is 4.33. The van der Waals surface area contributed by atoms with E-state index in [0.717, 1.165) is 72.4 Å². The van der Waals surface area contributed by atoms with Crippen LogP contribution in [0, 0.1) is 5.41 Å². The van der Waals surface area contributed by atoms with E-state index in [2.05, 4.69) is 91.1 Å². The fourth-order valence-electron chi connectivity index (χ4n) is 5.25. The molecule has 0 saturated heterocycles. The highest BCUT2D eigenvalue weighted by Gasteiger charge is 2.25. The van der Waals surface area contributed by atoms with E-state index in [4.69, 9.17) is 13.9 Å². The Morgan fingerprint density at radius 1 is 0.927 bits per heavy atom. The molecule has 2 rings (SSSR count). The van der Waals surface area contributed by atoms with Gasteiger partial charge >= 0.3 is 0 Å². The van der Waals surface area contributed by atoms with Crippen molar-refractivity contribution < 1.29 is 18.7 Å². The van der Waals surface area contributed by atoms with Crippen LogP contribution in [0.2, 0.25) is 13.1 Å². The SMILES string of the molecule is CCCCCC(CC(=O)Nc1cc(C(CCC(C)(C)C)O[Si](C)C)ccc1C(C)(C)C)c1ccc(OC)cc1OC. The van der Waals surface area contributed by atoms with Crippen LogP contribution in [-0.4, -0.2) is 29.2 Å². The Hall–Kier alpha value is -2.31. The van der Waals surface area contributed by atoms with Crippen molar-refractivity contribution in [2.75, 3.05) is 19.5 Å². The largest absolute Gasteiger partial charge is 0.497 e. The molecule has 2 unspecified atom stereocenters. The van der Waals surface area contributed by atoms with Gasteiger partial charge in [-0.1, -0.05) is 85.9 Å². The van der Waals surface area contributed by atoms with E-state index < -0.39 is 9.04 Å². The Bertz CT molecular complexity index is 1100. The van der Waals surface area contributed by atoms with E-state index in [-0.39, 0.29) is 28.8 Å². The summed E-state index contributed by atoms with van der Waals surface area (Å²) in [4.78, 5) is 13.7. The predicted octanol–water partition coefficient (Wildman–Crippen LogP) is 9.83. The summed E-state index contributed by atoms with van der Waals surface area (Å²) in [6.07, 6.45) is 6.71. The van der Waals surface area contributed by atoms with Crippen molar-refractivity contribution in [2.24, 2.45) is 5.41 Å². The Morgan fingerprint density at radius 3 is 2.20 bits per heavy atom. The van der Waals surface area contributed by atoms with E-state index >= 15 is 0 Å². The van der Waals surface area contributed by atoms with Crippen molar-refractivity contribution in [1.82, 2.24) is 0 Å². The molecule has 41 heavy (non-hydrogen) atoms. The molecule has 1 amide bonds. The van der Waals surface area contributed by atoms with Crippen LogP contribution in [0.5, 0.6) is 11.5 Å². The zero-order chi connectivity index (χ0) is 30.8. The summed E-state index contributed by atoms with van der Waals surface area (Å²) in [6, 6.07) is 12.5. The number of rotatable bonds is 15. The first-order chi connectivity index (χ1) is 19.2. The van der Waals surface area contributed by atoms with Crippen molar-refractivity contribution in [3.63, 3.8) is 0 Å². The molecule has 229 valence electrons. The fraction of sp³-hybridized carbons (Fsp3) is 0.629. The van der Waals surface area contributed by atoms with Gasteiger partial charge < -0.3 is 19.2 Å². The maximum absolute atomic E-state index is 13.7. The second kappa shape index (κ2) is 15.8. The highest BCUT2D eigenvalue weighted by atomic mass is 28.3. The number of hydrogen-bond acceptors (Lipinski definition) is 4. The minimum atomic E-state index is -0.897. The van der Waals surface area contributed by atoms with E-state index in [1.165, 1.54) is 0 Å². The van der Waals surface area contributed by atoms with Crippen LogP contribution >= 0.6 is 0 Å². The maximum atomic E-state index is 13.7. The Kier molecular flexibility index (Phi) is 13.4. The minimum absolute atomic E-state index is 0.0214. The van der Waals surface area contributed by atoms with Crippen LogP contribution in [-0.2, 0) is 14.6 Å². The van der Waals surface area contributed by atoms with E-state index in [1.54, 1.807) is 14.2 Å². The molecule has 2 aromatic rings. The number of anilines is 1. The van der Waals surface area contributed by atoms with Gasteiger partial charge in [0.15, 0.2) is 0 Å².